The minimum Gasteiger partial charge on any atom is -0.320 e. The first kappa shape index (κ1) is 7.55. The van der Waals surface area contributed by atoms with E-state index in [0.29, 0.717) is 0 Å². The monoisotopic (exact) mass is 163 g/mol. The van der Waals surface area contributed by atoms with Crippen LogP contribution in [-0.4, -0.2) is 9.78 Å². The van der Waals surface area contributed by atoms with E-state index in [4.69, 9.17) is 5.73 Å². The lowest BCUT2D eigenvalue weighted by molar-refractivity contribution is 0.586. The Balaban J connectivity index is 2.30. The summed E-state index contributed by atoms with van der Waals surface area (Å²) in [5.74, 6) is 0. The fourth-order valence-corrected chi connectivity index (χ4v) is 1.41. The number of rotatable bonds is 3. The Hall–Kier alpha value is -1.09. The van der Waals surface area contributed by atoms with Crippen LogP contribution in [0.5, 0.6) is 0 Å². The average Bonchev–Trinajstić information content (AvgIpc) is 2.64. The molecular weight excluding hydrogens is 150 g/mol. The van der Waals surface area contributed by atoms with Crippen molar-refractivity contribution in [2.45, 2.75) is 24.9 Å². The Kier molecular flexibility index (Phi) is 1.54. The van der Waals surface area contributed by atoms with E-state index < -0.39 is 0 Å². The molecule has 0 amide bonds. The van der Waals surface area contributed by atoms with E-state index in [1.165, 1.54) is 0 Å². The van der Waals surface area contributed by atoms with Gasteiger partial charge in [0.1, 0.15) is 0 Å². The highest BCUT2D eigenvalue weighted by molar-refractivity contribution is 5.21. The Morgan fingerprint density at radius 3 is 3.08 bits per heavy atom. The van der Waals surface area contributed by atoms with Crippen LogP contribution in [0.3, 0.4) is 0 Å². The number of allylic oxidation sites excluding steroid dienone is 1. The van der Waals surface area contributed by atoms with Crippen molar-refractivity contribution in [3.8, 4) is 0 Å². The fraction of sp³-hybridized carbons (Fsp3) is 0.444. The van der Waals surface area contributed by atoms with Gasteiger partial charge in [-0.15, -0.1) is 6.58 Å². The molecular formula is C9H13N3. The molecule has 0 saturated heterocycles. The number of nitrogens with two attached hydrogens (primary N) is 1. The fourth-order valence-electron chi connectivity index (χ4n) is 1.41. The molecule has 0 aliphatic heterocycles. The molecule has 3 heteroatoms. The van der Waals surface area contributed by atoms with Gasteiger partial charge in [0.25, 0.3) is 0 Å². The summed E-state index contributed by atoms with van der Waals surface area (Å²) in [5, 5.41) is 4.18. The Morgan fingerprint density at radius 1 is 1.75 bits per heavy atom. The van der Waals surface area contributed by atoms with E-state index in [1.54, 1.807) is 6.20 Å². The summed E-state index contributed by atoms with van der Waals surface area (Å²) in [7, 11) is 0. The van der Waals surface area contributed by atoms with Crippen LogP contribution in [0.4, 0.5) is 0 Å². The second-order valence-corrected chi connectivity index (χ2v) is 3.34. The van der Waals surface area contributed by atoms with Gasteiger partial charge in [0.15, 0.2) is 0 Å². The van der Waals surface area contributed by atoms with Crippen molar-refractivity contribution in [1.82, 2.24) is 9.78 Å². The molecule has 0 unspecified atom stereocenters. The van der Waals surface area contributed by atoms with Crippen LogP contribution >= 0.6 is 0 Å². The Morgan fingerprint density at radius 2 is 2.50 bits per heavy atom. The first-order chi connectivity index (χ1) is 5.76. The summed E-state index contributed by atoms with van der Waals surface area (Å²) in [4.78, 5) is 0. The highest BCUT2D eigenvalue weighted by Crippen LogP contribution is 2.42. The van der Waals surface area contributed by atoms with E-state index in [1.807, 2.05) is 16.8 Å². The second-order valence-electron chi connectivity index (χ2n) is 3.34. The summed E-state index contributed by atoms with van der Waals surface area (Å²) < 4.78 is 1.92. The van der Waals surface area contributed by atoms with Crippen molar-refractivity contribution in [1.29, 1.82) is 0 Å². The van der Waals surface area contributed by atoms with Crippen molar-refractivity contribution >= 4 is 0 Å². The van der Waals surface area contributed by atoms with Gasteiger partial charge in [0.2, 0.25) is 0 Å². The van der Waals surface area contributed by atoms with E-state index in [-0.39, 0.29) is 5.54 Å². The molecule has 64 valence electrons. The van der Waals surface area contributed by atoms with Crippen LogP contribution in [0.2, 0.25) is 0 Å². The van der Waals surface area contributed by atoms with Gasteiger partial charge in [-0.3, -0.25) is 4.68 Å². The molecule has 0 atom stereocenters. The van der Waals surface area contributed by atoms with Crippen molar-refractivity contribution in [2.75, 3.05) is 0 Å². The third-order valence-corrected chi connectivity index (χ3v) is 2.32. The topological polar surface area (TPSA) is 43.8 Å². The molecule has 0 bridgehead atoms. The van der Waals surface area contributed by atoms with Crippen LogP contribution < -0.4 is 5.73 Å². The number of hydrogen-bond acceptors (Lipinski definition) is 2. The molecule has 1 aliphatic rings. The Bertz CT molecular complexity index is 296. The predicted octanol–water partition coefficient (Wildman–Crippen LogP) is 1.02. The quantitative estimate of drug-likeness (QED) is 0.676. The maximum Gasteiger partial charge on any atom is 0.0591 e. The molecule has 2 N–H and O–H groups in total. The molecule has 1 aromatic heterocycles. The third-order valence-electron chi connectivity index (χ3n) is 2.32. The summed E-state index contributed by atoms with van der Waals surface area (Å²) in [6.45, 7) is 4.43. The van der Waals surface area contributed by atoms with Crippen LogP contribution in [0.25, 0.3) is 0 Å². The van der Waals surface area contributed by atoms with Crippen molar-refractivity contribution < 1.29 is 0 Å². The first-order valence-corrected chi connectivity index (χ1v) is 4.18. The SMILES string of the molecule is C=CCn1nccc1C1(N)CC1. The van der Waals surface area contributed by atoms with Crippen LogP contribution in [-0.2, 0) is 12.1 Å². The minimum absolute atomic E-state index is 0.0838. The molecule has 0 spiro atoms. The standard InChI is InChI=1S/C9H13N3/c1-2-7-12-8(3-6-11-12)9(10)4-5-9/h2-3,6H,1,4-5,7,10H2. The lowest BCUT2D eigenvalue weighted by atomic mass is 10.2. The lowest BCUT2D eigenvalue weighted by Gasteiger charge is -2.10. The third kappa shape index (κ3) is 1.06. The molecule has 1 fully saturated rings. The largest absolute Gasteiger partial charge is 0.320 e. The van der Waals surface area contributed by atoms with E-state index in [0.717, 1.165) is 25.1 Å². The highest BCUT2D eigenvalue weighted by Gasteiger charge is 2.42. The van der Waals surface area contributed by atoms with Gasteiger partial charge in [-0.25, -0.2) is 0 Å². The van der Waals surface area contributed by atoms with E-state index >= 15 is 0 Å². The average molecular weight is 163 g/mol. The zero-order chi connectivity index (χ0) is 8.60. The van der Waals surface area contributed by atoms with Crippen LogP contribution in [0.15, 0.2) is 24.9 Å². The summed E-state index contributed by atoms with van der Waals surface area (Å²) in [6, 6.07) is 2.00. The highest BCUT2D eigenvalue weighted by atomic mass is 15.3. The number of aromatic nitrogens is 2. The smallest absolute Gasteiger partial charge is 0.0591 e. The zero-order valence-corrected chi connectivity index (χ0v) is 7.03. The van der Waals surface area contributed by atoms with Gasteiger partial charge in [-0.1, -0.05) is 6.08 Å². The van der Waals surface area contributed by atoms with Gasteiger partial charge in [-0.2, -0.15) is 5.10 Å². The number of nitrogens with zero attached hydrogens (tertiary/aromatic N) is 2. The first-order valence-electron chi connectivity index (χ1n) is 4.18. The van der Waals surface area contributed by atoms with Crippen molar-refractivity contribution in [3.63, 3.8) is 0 Å². The molecule has 1 aliphatic carbocycles. The summed E-state index contributed by atoms with van der Waals surface area (Å²) in [6.07, 6.45) is 5.79. The Labute approximate surface area is 71.9 Å². The molecule has 1 heterocycles. The molecule has 3 nitrogen and oxygen atoms in total. The van der Waals surface area contributed by atoms with Gasteiger partial charge in [0, 0.05) is 6.20 Å². The maximum absolute atomic E-state index is 6.05. The summed E-state index contributed by atoms with van der Waals surface area (Å²) >= 11 is 0. The van der Waals surface area contributed by atoms with Gasteiger partial charge in [-0.05, 0) is 18.9 Å². The molecule has 2 rings (SSSR count). The van der Waals surface area contributed by atoms with E-state index in [9.17, 15) is 0 Å². The van der Waals surface area contributed by atoms with Gasteiger partial charge in [0.05, 0.1) is 17.8 Å². The molecule has 0 radical (unpaired) electrons. The predicted molar refractivity (Wildman–Crippen MR) is 47.5 cm³/mol. The second kappa shape index (κ2) is 2.45. The van der Waals surface area contributed by atoms with Crippen molar-refractivity contribution in [3.05, 3.63) is 30.6 Å². The number of hydrogen-bond donors (Lipinski definition) is 1. The van der Waals surface area contributed by atoms with Crippen LogP contribution in [0, 0.1) is 0 Å². The molecule has 12 heavy (non-hydrogen) atoms. The van der Waals surface area contributed by atoms with Crippen molar-refractivity contribution in [2.24, 2.45) is 5.73 Å². The van der Waals surface area contributed by atoms with Gasteiger partial charge < -0.3 is 5.73 Å². The zero-order valence-electron chi connectivity index (χ0n) is 7.03. The minimum atomic E-state index is -0.0838. The van der Waals surface area contributed by atoms with Gasteiger partial charge >= 0.3 is 0 Å². The molecule has 1 aromatic rings. The van der Waals surface area contributed by atoms with E-state index in [2.05, 4.69) is 11.7 Å². The molecule has 1 saturated carbocycles. The lowest BCUT2D eigenvalue weighted by Crippen LogP contribution is -2.23. The molecule has 0 aromatic carbocycles. The normalized spacial score (nSPS) is 19.1. The maximum atomic E-state index is 6.05. The summed E-state index contributed by atoms with van der Waals surface area (Å²) in [5.41, 5.74) is 7.11. The van der Waals surface area contributed by atoms with Crippen LogP contribution in [0.1, 0.15) is 18.5 Å².